The van der Waals surface area contributed by atoms with E-state index < -0.39 is 0 Å². The molecule has 3 rings (SSSR count). The Bertz CT molecular complexity index is 608. The molecule has 2 aliphatic rings. The van der Waals surface area contributed by atoms with E-state index in [1.54, 1.807) is 0 Å². The van der Waals surface area contributed by atoms with Crippen molar-refractivity contribution >= 4 is 0 Å². The number of aryl methyl sites for hydroxylation is 1. The fourth-order valence-electron chi connectivity index (χ4n) is 3.48. The van der Waals surface area contributed by atoms with Gasteiger partial charge in [0.1, 0.15) is 17.1 Å². The maximum Gasteiger partial charge on any atom is 0.128 e. The summed E-state index contributed by atoms with van der Waals surface area (Å²) in [5.41, 5.74) is 3.08. The summed E-state index contributed by atoms with van der Waals surface area (Å²) >= 11 is 0. The van der Waals surface area contributed by atoms with Gasteiger partial charge in [-0.05, 0) is 56.4 Å². The molecule has 0 saturated heterocycles. The number of fused-ring (bicyclic) bond motifs is 3. The molecule has 112 valence electrons. The molecule has 1 aliphatic heterocycles. The first-order chi connectivity index (χ1) is 10.0. The Kier molecular flexibility index (Phi) is 3.56. The zero-order chi connectivity index (χ0) is 15.0. The lowest BCUT2D eigenvalue weighted by molar-refractivity contribution is 0.124. The van der Waals surface area contributed by atoms with E-state index >= 15 is 0 Å². The van der Waals surface area contributed by atoms with Crippen molar-refractivity contribution in [3.8, 4) is 11.5 Å². The number of benzene rings is 1. The van der Waals surface area contributed by atoms with Gasteiger partial charge in [0.25, 0.3) is 0 Å². The Labute approximate surface area is 127 Å². The molecule has 21 heavy (non-hydrogen) atoms. The van der Waals surface area contributed by atoms with Crippen LogP contribution in [0.1, 0.15) is 57.1 Å². The summed E-state index contributed by atoms with van der Waals surface area (Å²) in [5.74, 6) is 1.50. The smallest absolute Gasteiger partial charge is 0.128 e. The third kappa shape index (κ3) is 2.48. The average molecular weight is 284 g/mol. The van der Waals surface area contributed by atoms with Crippen molar-refractivity contribution in [3.63, 3.8) is 0 Å². The number of ether oxygens (including phenoxy) is 1. The molecule has 0 radical (unpaired) electrons. The molecule has 0 saturated carbocycles. The van der Waals surface area contributed by atoms with Crippen molar-refractivity contribution in [2.24, 2.45) is 0 Å². The van der Waals surface area contributed by atoms with Crippen LogP contribution in [0.5, 0.6) is 11.5 Å². The fourth-order valence-corrected chi connectivity index (χ4v) is 3.48. The van der Waals surface area contributed by atoms with E-state index in [0.29, 0.717) is 5.75 Å². The number of hydrogen-bond acceptors (Lipinski definition) is 2. The minimum absolute atomic E-state index is 0.244. The molecule has 0 spiro atoms. The maximum atomic E-state index is 10.5. The molecule has 1 aromatic rings. The molecule has 2 nitrogen and oxygen atoms in total. The number of hydrogen-bond donors (Lipinski definition) is 1. The Morgan fingerprint density at radius 2 is 2.14 bits per heavy atom. The number of phenols is 1. The largest absolute Gasteiger partial charge is 0.507 e. The van der Waals surface area contributed by atoms with Crippen LogP contribution in [-0.4, -0.2) is 10.7 Å². The van der Waals surface area contributed by atoms with Gasteiger partial charge in [-0.1, -0.05) is 31.6 Å². The number of aromatic hydroxyl groups is 1. The van der Waals surface area contributed by atoms with E-state index in [1.807, 2.05) is 6.07 Å². The Balaban J connectivity index is 2.06. The Hall–Kier alpha value is -1.70. The van der Waals surface area contributed by atoms with Crippen LogP contribution in [0.3, 0.4) is 0 Å². The predicted molar refractivity (Wildman–Crippen MR) is 86.0 cm³/mol. The van der Waals surface area contributed by atoms with Crippen LogP contribution in [-0.2, 0) is 6.42 Å². The number of unbranched alkanes of at least 4 members (excludes halogenated alkanes) is 1. The van der Waals surface area contributed by atoms with Crippen LogP contribution in [0.4, 0.5) is 0 Å². The van der Waals surface area contributed by atoms with Crippen molar-refractivity contribution in [3.05, 3.63) is 47.1 Å². The minimum atomic E-state index is -0.307. The first-order valence-corrected chi connectivity index (χ1v) is 7.95. The maximum absolute atomic E-state index is 10.5. The summed E-state index contributed by atoms with van der Waals surface area (Å²) in [5, 5.41) is 10.5. The van der Waals surface area contributed by atoms with Gasteiger partial charge in [0.05, 0.1) is 0 Å². The molecular formula is C19H24O2. The van der Waals surface area contributed by atoms with Crippen LogP contribution in [0.15, 0.2) is 35.9 Å². The van der Waals surface area contributed by atoms with E-state index in [0.717, 1.165) is 37.0 Å². The van der Waals surface area contributed by atoms with Crippen molar-refractivity contribution in [1.29, 1.82) is 0 Å². The van der Waals surface area contributed by atoms with E-state index in [9.17, 15) is 5.11 Å². The minimum Gasteiger partial charge on any atom is -0.507 e. The summed E-state index contributed by atoms with van der Waals surface area (Å²) in [7, 11) is 0. The molecule has 1 N–H and O–H groups in total. The summed E-state index contributed by atoms with van der Waals surface area (Å²) in [6.07, 6.45) is 10.6. The molecule has 1 heterocycles. The van der Waals surface area contributed by atoms with Crippen molar-refractivity contribution < 1.29 is 9.84 Å². The second-order valence-corrected chi connectivity index (χ2v) is 6.58. The van der Waals surface area contributed by atoms with Crippen molar-refractivity contribution in [1.82, 2.24) is 0 Å². The molecule has 0 amide bonds. The number of phenolic OH excluding ortho intramolecular Hbond substituents is 1. The molecule has 2 heteroatoms. The second kappa shape index (κ2) is 5.25. The van der Waals surface area contributed by atoms with Crippen LogP contribution < -0.4 is 4.74 Å². The Morgan fingerprint density at radius 3 is 2.90 bits per heavy atom. The third-order valence-corrected chi connectivity index (χ3v) is 4.57. The van der Waals surface area contributed by atoms with E-state index in [4.69, 9.17) is 4.74 Å². The summed E-state index contributed by atoms with van der Waals surface area (Å²) in [6, 6.07) is 4.05. The monoisotopic (exact) mass is 284 g/mol. The topological polar surface area (TPSA) is 29.5 Å². The predicted octanol–water partition coefficient (Wildman–Crippen LogP) is 4.88. The first-order valence-electron chi connectivity index (χ1n) is 7.95. The highest BCUT2D eigenvalue weighted by Crippen LogP contribution is 2.51. The first kappa shape index (κ1) is 14.2. The summed E-state index contributed by atoms with van der Waals surface area (Å²) < 4.78 is 6.23. The van der Waals surface area contributed by atoms with Gasteiger partial charge in [0.15, 0.2) is 0 Å². The van der Waals surface area contributed by atoms with Crippen LogP contribution in [0.25, 0.3) is 0 Å². The second-order valence-electron chi connectivity index (χ2n) is 6.58. The van der Waals surface area contributed by atoms with Crippen LogP contribution >= 0.6 is 0 Å². The van der Waals surface area contributed by atoms with Crippen molar-refractivity contribution in [2.75, 3.05) is 0 Å². The highest BCUT2D eigenvalue weighted by molar-refractivity contribution is 5.57. The summed E-state index contributed by atoms with van der Waals surface area (Å²) in [4.78, 5) is 0. The normalized spacial score (nSPS) is 22.0. The zero-order valence-corrected chi connectivity index (χ0v) is 13.1. The van der Waals surface area contributed by atoms with Gasteiger partial charge >= 0.3 is 0 Å². The van der Waals surface area contributed by atoms with Crippen molar-refractivity contribution in [2.45, 2.75) is 58.0 Å². The van der Waals surface area contributed by atoms with E-state index in [1.165, 1.54) is 11.1 Å². The molecule has 1 atom stereocenters. The Morgan fingerprint density at radius 1 is 1.33 bits per heavy atom. The molecule has 1 aromatic carbocycles. The van der Waals surface area contributed by atoms with Gasteiger partial charge in [-0.2, -0.15) is 0 Å². The molecule has 0 aromatic heterocycles. The fraction of sp³-hybridized carbons (Fsp3) is 0.474. The molecule has 0 bridgehead atoms. The standard InChI is InChI=1S/C19H24O2/c1-4-5-8-13-11-16(20)18-14-9-6-7-10-15(14)19(2,3)21-17(18)12-13/h6-7,10-12,14,20H,4-5,8-9H2,1-3H3. The highest BCUT2D eigenvalue weighted by atomic mass is 16.5. The van der Waals surface area contributed by atoms with Gasteiger partial charge in [-0.3, -0.25) is 0 Å². The van der Waals surface area contributed by atoms with Gasteiger partial charge in [0, 0.05) is 11.5 Å². The van der Waals surface area contributed by atoms with Gasteiger partial charge in [0.2, 0.25) is 0 Å². The number of rotatable bonds is 3. The lowest BCUT2D eigenvalue weighted by Crippen LogP contribution is -2.38. The van der Waals surface area contributed by atoms with Gasteiger partial charge < -0.3 is 9.84 Å². The number of allylic oxidation sites excluding steroid dienone is 3. The quantitative estimate of drug-likeness (QED) is 0.857. The average Bonchev–Trinajstić information content (AvgIpc) is 2.44. The van der Waals surface area contributed by atoms with E-state index in [-0.39, 0.29) is 11.5 Å². The lowest BCUT2D eigenvalue weighted by Gasteiger charge is -2.41. The van der Waals surface area contributed by atoms with Gasteiger partial charge in [-0.15, -0.1) is 0 Å². The van der Waals surface area contributed by atoms with Crippen LogP contribution in [0, 0.1) is 0 Å². The molecule has 0 fully saturated rings. The van der Waals surface area contributed by atoms with E-state index in [2.05, 4.69) is 45.1 Å². The molecule has 1 unspecified atom stereocenters. The highest BCUT2D eigenvalue weighted by Gasteiger charge is 2.40. The molecule has 1 aliphatic carbocycles. The third-order valence-electron chi connectivity index (χ3n) is 4.57. The SMILES string of the molecule is CCCCc1cc(O)c2c(c1)OC(C)(C)C1=CC=CCC12. The molecular weight excluding hydrogens is 260 g/mol. The lowest BCUT2D eigenvalue weighted by atomic mass is 9.75. The van der Waals surface area contributed by atoms with Crippen LogP contribution in [0.2, 0.25) is 0 Å². The zero-order valence-electron chi connectivity index (χ0n) is 13.1. The summed E-state index contributed by atoms with van der Waals surface area (Å²) in [6.45, 7) is 6.41. The van der Waals surface area contributed by atoms with Gasteiger partial charge in [-0.25, -0.2) is 0 Å².